The lowest BCUT2D eigenvalue weighted by molar-refractivity contribution is 0.239. The summed E-state index contributed by atoms with van der Waals surface area (Å²) in [6.07, 6.45) is 6.21. The van der Waals surface area contributed by atoms with Crippen molar-refractivity contribution < 1.29 is 14.4 Å². The first kappa shape index (κ1) is 14.5. The molecule has 2 rings (SSSR count). The fraction of sp³-hybridized carbons (Fsp3) is 0.571. The second-order valence-corrected chi connectivity index (χ2v) is 5.31. The highest BCUT2D eigenvalue weighted by Gasteiger charge is 2.15. The Morgan fingerprint density at radius 3 is 2.26 bits per heavy atom. The maximum Gasteiger partial charge on any atom is 0.488 e. The van der Waals surface area contributed by atoms with Crippen LogP contribution >= 0.6 is 0 Å². The van der Waals surface area contributed by atoms with Crippen LogP contribution in [0.3, 0.4) is 0 Å². The number of likely N-dealkylation sites (tertiary alicyclic amines) is 1. The third kappa shape index (κ3) is 4.60. The molecule has 104 valence electrons. The van der Waals surface area contributed by atoms with Crippen molar-refractivity contribution in [3.05, 3.63) is 29.6 Å². The zero-order chi connectivity index (χ0) is 13.7. The van der Waals surface area contributed by atoms with Crippen LogP contribution in [0.5, 0.6) is 0 Å². The van der Waals surface area contributed by atoms with E-state index in [9.17, 15) is 4.39 Å². The Morgan fingerprint density at radius 2 is 1.63 bits per heavy atom. The summed E-state index contributed by atoms with van der Waals surface area (Å²) in [7, 11) is -1.61. The summed E-state index contributed by atoms with van der Waals surface area (Å²) in [6, 6.07) is 4.32. The largest absolute Gasteiger partial charge is 0.488 e. The van der Waals surface area contributed by atoms with Crippen molar-refractivity contribution in [3.63, 3.8) is 0 Å². The van der Waals surface area contributed by atoms with Gasteiger partial charge < -0.3 is 10.0 Å². The van der Waals surface area contributed by atoms with Crippen molar-refractivity contribution in [1.29, 1.82) is 0 Å². The average Bonchev–Trinajstić information content (AvgIpc) is 2.31. The number of hydrogen-bond acceptors (Lipinski definition) is 3. The maximum absolute atomic E-state index is 13.4. The molecule has 0 unspecified atom stereocenters. The Bertz CT molecular complexity index is 406. The van der Waals surface area contributed by atoms with Gasteiger partial charge in [-0.1, -0.05) is 25.3 Å². The van der Waals surface area contributed by atoms with E-state index in [0.29, 0.717) is 6.54 Å². The Morgan fingerprint density at radius 1 is 1.00 bits per heavy atom. The van der Waals surface area contributed by atoms with Gasteiger partial charge in [-0.15, -0.1) is 0 Å². The number of benzene rings is 1. The van der Waals surface area contributed by atoms with Crippen molar-refractivity contribution in [3.8, 4) is 0 Å². The minimum Gasteiger partial charge on any atom is -0.423 e. The van der Waals surface area contributed by atoms with Crippen LogP contribution < -0.4 is 5.46 Å². The zero-order valence-corrected chi connectivity index (χ0v) is 11.2. The summed E-state index contributed by atoms with van der Waals surface area (Å²) >= 11 is 0. The van der Waals surface area contributed by atoms with Gasteiger partial charge >= 0.3 is 7.12 Å². The van der Waals surface area contributed by atoms with Crippen LogP contribution in [0.1, 0.15) is 37.7 Å². The first-order chi connectivity index (χ1) is 9.15. The van der Waals surface area contributed by atoms with Crippen molar-refractivity contribution in [2.45, 2.75) is 38.6 Å². The van der Waals surface area contributed by atoms with E-state index in [4.69, 9.17) is 10.0 Å². The molecule has 1 aliphatic rings. The van der Waals surface area contributed by atoms with Crippen LogP contribution in [0.15, 0.2) is 18.2 Å². The Kier molecular flexibility index (Phi) is 5.37. The van der Waals surface area contributed by atoms with Gasteiger partial charge in [0.15, 0.2) is 0 Å². The number of rotatable bonds is 3. The standard InChI is InChI=1S/C14H21BFNO2/c16-14-9-12(8-13(10-14)15(18)19)11-17-6-4-2-1-3-5-7-17/h8-10,18-19H,1-7,11H2. The van der Waals surface area contributed by atoms with E-state index in [1.165, 1.54) is 44.2 Å². The molecule has 1 aromatic rings. The molecule has 0 saturated carbocycles. The quantitative estimate of drug-likeness (QED) is 0.809. The molecule has 2 N–H and O–H groups in total. The molecule has 1 aliphatic heterocycles. The number of halogens is 1. The van der Waals surface area contributed by atoms with E-state index in [1.54, 1.807) is 6.07 Å². The molecular weight excluding hydrogens is 244 g/mol. The van der Waals surface area contributed by atoms with Gasteiger partial charge in [-0.3, -0.25) is 4.90 Å². The highest BCUT2D eigenvalue weighted by atomic mass is 19.1. The lowest BCUT2D eigenvalue weighted by atomic mass is 9.79. The summed E-state index contributed by atoms with van der Waals surface area (Å²) in [6.45, 7) is 2.75. The Hall–Kier alpha value is -0.905. The third-order valence-electron chi connectivity index (χ3n) is 3.63. The minimum absolute atomic E-state index is 0.224. The summed E-state index contributed by atoms with van der Waals surface area (Å²) in [4.78, 5) is 2.32. The SMILES string of the molecule is OB(O)c1cc(F)cc(CN2CCCCCCC2)c1. The molecule has 0 spiro atoms. The van der Waals surface area contributed by atoms with Crippen molar-refractivity contribution in [1.82, 2.24) is 4.90 Å². The van der Waals surface area contributed by atoms with Crippen LogP contribution in [-0.2, 0) is 6.54 Å². The number of nitrogens with zero attached hydrogens (tertiary/aromatic N) is 1. The summed E-state index contributed by atoms with van der Waals surface area (Å²) in [5.74, 6) is -0.410. The smallest absolute Gasteiger partial charge is 0.423 e. The molecule has 0 atom stereocenters. The van der Waals surface area contributed by atoms with Crippen molar-refractivity contribution in [2.24, 2.45) is 0 Å². The molecule has 0 aromatic heterocycles. The molecule has 0 bridgehead atoms. The topological polar surface area (TPSA) is 43.7 Å². The summed E-state index contributed by atoms with van der Waals surface area (Å²) < 4.78 is 13.4. The van der Waals surface area contributed by atoms with Gasteiger partial charge in [0, 0.05) is 6.54 Å². The van der Waals surface area contributed by atoms with E-state index in [1.807, 2.05) is 0 Å². The van der Waals surface area contributed by atoms with Crippen LogP contribution in [0, 0.1) is 5.82 Å². The monoisotopic (exact) mass is 265 g/mol. The summed E-state index contributed by atoms with van der Waals surface area (Å²) in [5, 5.41) is 18.3. The van der Waals surface area contributed by atoms with Gasteiger partial charge in [-0.05, 0) is 49.1 Å². The predicted molar refractivity (Wildman–Crippen MR) is 74.6 cm³/mol. The van der Waals surface area contributed by atoms with Gasteiger partial charge in [0.1, 0.15) is 5.82 Å². The Balaban J connectivity index is 2.04. The van der Waals surface area contributed by atoms with Crippen LogP contribution in [0.4, 0.5) is 4.39 Å². The molecule has 19 heavy (non-hydrogen) atoms. The second-order valence-electron chi connectivity index (χ2n) is 5.31. The van der Waals surface area contributed by atoms with Crippen LogP contribution in [-0.4, -0.2) is 35.2 Å². The van der Waals surface area contributed by atoms with Gasteiger partial charge in [-0.25, -0.2) is 4.39 Å². The van der Waals surface area contributed by atoms with Crippen molar-refractivity contribution in [2.75, 3.05) is 13.1 Å². The first-order valence-electron chi connectivity index (χ1n) is 7.03. The molecule has 0 aliphatic carbocycles. The highest BCUT2D eigenvalue weighted by Crippen LogP contribution is 2.13. The van der Waals surface area contributed by atoms with E-state index in [2.05, 4.69) is 4.90 Å². The van der Waals surface area contributed by atoms with Gasteiger partial charge in [0.2, 0.25) is 0 Å². The molecule has 1 fully saturated rings. The lowest BCUT2D eigenvalue weighted by Crippen LogP contribution is -2.32. The van der Waals surface area contributed by atoms with Crippen LogP contribution in [0.2, 0.25) is 0 Å². The van der Waals surface area contributed by atoms with E-state index < -0.39 is 12.9 Å². The fourth-order valence-corrected chi connectivity index (χ4v) is 2.65. The maximum atomic E-state index is 13.4. The molecule has 1 heterocycles. The predicted octanol–water partition coefficient (Wildman–Crippen LogP) is 1.27. The Labute approximate surface area is 114 Å². The average molecular weight is 265 g/mol. The number of hydrogen-bond donors (Lipinski definition) is 2. The van der Waals surface area contributed by atoms with Crippen molar-refractivity contribution >= 4 is 12.6 Å². The highest BCUT2D eigenvalue weighted by molar-refractivity contribution is 6.58. The molecular formula is C14H21BFNO2. The minimum atomic E-state index is -1.61. The van der Waals surface area contributed by atoms with Gasteiger partial charge in [-0.2, -0.15) is 0 Å². The lowest BCUT2D eigenvalue weighted by Gasteiger charge is -2.24. The molecule has 0 amide bonds. The van der Waals surface area contributed by atoms with Gasteiger partial charge in [0.05, 0.1) is 0 Å². The molecule has 5 heteroatoms. The van der Waals surface area contributed by atoms with Gasteiger partial charge in [0.25, 0.3) is 0 Å². The first-order valence-corrected chi connectivity index (χ1v) is 7.03. The summed E-state index contributed by atoms with van der Waals surface area (Å²) in [5.41, 5.74) is 1.03. The third-order valence-corrected chi connectivity index (χ3v) is 3.63. The molecule has 1 aromatic carbocycles. The fourth-order valence-electron chi connectivity index (χ4n) is 2.65. The normalized spacial score (nSPS) is 17.8. The zero-order valence-electron chi connectivity index (χ0n) is 11.2. The van der Waals surface area contributed by atoms with E-state index in [0.717, 1.165) is 18.7 Å². The second kappa shape index (κ2) is 7.03. The molecule has 0 radical (unpaired) electrons. The van der Waals surface area contributed by atoms with Crippen LogP contribution in [0.25, 0.3) is 0 Å². The molecule has 3 nitrogen and oxygen atoms in total. The van der Waals surface area contributed by atoms with E-state index in [-0.39, 0.29) is 5.46 Å². The van der Waals surface area contributed by atoms with E-state index >= 15 is 0 Å². The molecule has 1 saturated heterocycles.